The van der Waals surface area contributed by atoms with E-state index < -0.39 is 0 Å². The van der Waals surface area contributed by atoms with Crippen LogP contribution in [0.4, 0.5) is 0 Å². The van der Waals surface area contributed by atoms with Crippen LogP contribution in [-0.2, 0) is 0 Å². The number of nitrogens with zero attached hydrogens (tertiary/aromatic N) is 5. The maximum atomic E-state index is 9.16. The highest BCUT2D eigenvalue weighted by molar-refractivity contribution is 5.77. The Hall–Kier alpha value is -3.85. The summed E-state index contributed by atoms with van der Waals surface area (Å²) in [7, 11) is 0. The lowest BCUT2D eigenvalue weighted by molar-refractivity contribution is 0.584. The van der Waals surface area contributed by atoms with Gasteiger partial charge in [-0.1, -0.05) is 30.3 Å². The van der Waals surface area contributed by atoms with E-state index in [2.05, 4.69) is 26.2 Å². The maximum absolute atomic E-state index is 9.16. The summed E-state index contributed by atoms with van der Waals surface area (Å²) < 4.78 is 5.85. The third kappa shape index (κ3) is 2.94. The second kappa shape index (κ2) is 6.57. The quantitative estimate of drug-likeness (QED) is 0.559. The standard InChI is InChI=1S/C20H13N5O/c1-13-22-12-17(18(23-13)16-9-5-6-14(10-16)11-21)20-25-24-19(26-20)15-7-3-2-4-8-15/h2-10,12H,1H3. The molecule has 0 spiro atoms. The van der Waals surface area contributed by atoms with Gasteiger partial charge in [0.15, 0.2) is 0 Å². The van der Waals surface area contributed by atoms with Gasteiger partial charge in [-0.3, -0.25) is 0 Å². The van der Waals surface area contributed by atoms with Gasteiger partial charge in [0.25, 0.3) is 5.89 Å². The van der Waals surface area contributed by atoms with Crippen molar-refractivity contribution in [3.8, 4) is 40.2 Å². The van der Waals surface area contributed by atoms with Crippen LogP contribution < -0.4 is 0 Å². The van der Waals surface area contributed by atoms with Crippen LogP contribution >= 0.6 is 0 Å². The van der Waals surface area contributed by atoms with Crippen LogP contribution in [-0.4, -0.2) is 20.2 Å². The molecule has 6 heteroatoms. The molecule has 0 bridgehead atoms. The van der Waals surface area contributed by atoms with E-state index in [4.69, 9.17) is 9.68 Å². The lowest BCUT2D eigenvalue weighted by Gasteiger charge is -2.06. The van der Waals surface area contributed by atoms with E-state index in [9.17, 15) is 0 Å². The molecule has 0 N–H and O–H groups in total. The summed E-state index contributed by atoms with van der Waals surface area (Å²) in [4.78, 5) is 8.79. The molecular weight excluding hydrogens is 326 g/mol. The number of hydrogen-bond acceptors (Lipinski definition) is 6. The van der Waals surface area contributed by atoms with Crippen molar-refractivity contribution in [1.82, 2.24) is 20.2 Å². The molecule has 0 atom stereocenters. The van der Waals surface area contributed by atoms with Gasteiger partial charge in [-0.25, -0.2) is 9.97 Å². The smallest absolute Gasteiger partial charge is 0.251 e. The van der Waals surface area contributed by atoms with Gasteiger partial charge in [0, 0.05) is 17.3 Å². The number of aromatic nitrogens is 4. The van der Waals surface area contributed by atoms with Crippen molar-refractivity contribution in [2.45, 2.75) is 6.92 Å². The van der Waals surface area contributed by atoms with Gasteiger partial charge in [-0.15, -0.1) is 10.2 Å². The highest BCUT2D eigenvalue weighted by Crippen LogP contribution is 2.31. The molecule has 0 aliphatic carbocycles. The zero-order valence-electron chi connectivity index (χ0n) is 13.9. The molecule has 2 aromatic carbocycles. The molecule has 2 heterocycles. The minimum atomic E-state index is 0.334. The molecule has 0 fully saturated rings. The van der Waals surface area contributed by atoms with Gasteiger partial charge < -0.3 is 4.42 Å². The van der Waals surface area contributed by atoms with Gasteiger partial charge >= 0.3 is 0 Å². The van der Waals surface area contributed by atoms with Crippen molar-refractivity contribution in [2.75, 3.05) is 0 Å². The van der Waals surface area contributed by atoms with Gasteiger partial charge in [-0.2, -0.15) is 5.26 Å². The summed E-state index contributed by atoms with van der Waals surface area (Å²) in [6.07, 6.45) is 1.67. The Bertz CT molecular complexity index is 1110. The first kappa shape index (κ1) is 15.7. The van der Waals surface area contributed by atoms with E-state index in [0.29, 0.717) is 34.4 Å². The maximum Gasteiger partial charge on any atom is 0.251 e. The second-order valence-electron chi connectivity index (χ2n) is 5.65. The van der Waals surface area contributed by atoms with Crippen LogP contribution in [0, 0.1) is 18.3 Å². The van der Waals surface area contributed by atoms with Crippen LogP contribution in [0.2, 0.25) is 0 Å². The largest absolute Gasteiger partial charge is 0.416 e. The van der Waals surface area contributed by atoms with Crippen molar-refractivity contribution in [2.24, 2.45) is 0 Å². The monoisotopic (exact) mass is 339 g/mol. The number of nitriles is 1. The summed E-state index contributed by atoms with van der Waals surface area (Å²) in [5.41, 5.74) is 3.47. The normalized spacial score (nSPS) is 10.5. The van der Waals surface area contributed by atoms with E-state index in [-0.39, 0.29) is 0 Å². The first-order valence-electron chi connectivity index (χ1n) is 7.98. The summed E-state index contributed by atoms with van der Waals surface area (Å²) in [6.45, 7) is 1.81. The SMILES string of the molecule is Cc1ncc(-c2nnc(-c3ccccc3)o2)c(-c2cccc(C#N)c2)n1. The van der Waals surface area contributed by atoms with Crippen molar-refractivity contribution in [1.29, 1.82) is 5.26 Å². The Morgan fingerprint density at radius 1 is 0.923 bits per heavy atom. The molecule has 0 aliphatic heterocycles. The van der Waals surface area contributed by atoms with Crippen LogP contribution in [0.5, 0.6) is 0 Å². The Morgan fingerprint density at radius 2 is 1.69 bits per heavy atom. The minimum Gasteiger partial charge on any atom is -0.416 e. The zero-order valence-corrected chi connectivity index (χ0v) is 13.9. The topological polar surface area (TPSA) is 88.5 Å². The molecule has 0 unspecified atom stereocenters. The fourth-order valence-corrected chi connectivity index (χ4v) is 2.61. The van der Waals surface area contributed by atoms with Crippen LogP contribution in [0.1, 0.15) is 11.4 Å². The highest BCUT2D eigenvalue weighted by Gasteiger charge is 2.17. The Morgan fingerprint density at radius 3 is 2.50 bits per heavy atom. The third-order valence-electron chi connectivity index (χ3n) is 3.85. The van der Waals surface area contributed by atoms with E-state index in [0.717, 1.165) is 11.1 Å². The third-order valence-corrected chi connectivity index (χ3v) is 3.85. The predicted molar refractivity (Wildman–Crippen MR) is 95.6 cm³/mol. The van der Waals surface area contributed by atoms with Crippen LogP contribution in [0.3, 0.4) is 0 Å². The van der Waals surface area contributed by atoms with Crippen LogP contribution in [0.25, 0.3) is 34.2 Å². The predicted octanol–water partition coefficient (Wildman–Crippen LogP) is 4.04. The fourth-order valence-electron chi connectivity index (χ4n) is 2.61. The van der Waals surface area contributed by atoms with Crippen molar-refractivity contribution in [3.63, 3.8) is 0 Å². The van der Waals surface area contributed by atoms with Crippen molar-refractivity contribution < 1.29 is 4.42 Å². The molecule has 0 saturated heterocycles. The highest BCUT2D eigenvalue weighted by atomic mass is 16.4. The second-order valence-corrected chi connectivity index (χ2v) is 5.65. The minimum absolute atomic E-state index is 0.334. The molecular formula is C20H13N5O. The molecule has 26 heavy (non-hydrogen) atoms. The van der Waals surface area contributed by atoms with E-state index in [1.54, 1.807) is 18.3 Å². The summed E-state index contributed by atoms with van der Waals surface area (Å²) in [6, 6.07) is 18.9. The Kier molecular flexibility index (Phi) is 3.96. The summed E-state index contributed by atoms with van der Waals surface area (Å²) in [5.74, 6) is 1.38. The molecule has 2 aromatic heterocycles. The average molecular weight is 339 g/mol. The number of aryl methyl sites for hydroxylation is 1. The fraction of sp³-hybridized carbons (Fsp3) is 0.0500. The molecule has 4 aromatic rings. The van der Waals surface area contributed by atoms with Crippen molar-refractivity contribution >= 4 is 0 Å². The molecule has 124 valence electrons. The molecule has 0 amide bonds. The van der Waals surface area contributed by atoms with E-state index in [1.165, 1.54) is 0 Å². The van der Waals surface area contributed by atoms with Gasteiger partial charge in [0.05, 0.1) is 22.9 Å². The van der Waals surface area contributed by atoms with Gasteiger partial charge in [0.2, 0.25) is 5.89 Å². The van der Waals surface area contributed by atoms with Gasteiger partial charge in [-0.05, 0) is 31.2 Å². The van der Waals surface area contributed by atoms with E-state index >= 15 is 0 Å². The molecule has 0 saturated carbocycles. The molecule has 0 radical (unpaired) electrons. The molecule has 4 rings (SSSR count). The number of benzene rings is 2. The first-order chi connectivity index (χ1) is 12.7. The lowest BCUT2D eigenvalue weighted by Crippen LogP contribution is -1.95. The van der Waals surface area contributed by atoms with Crippen molar-refractivity contribution in [3.05, 3.63) is 72.2 Å². The molecule has 6 nitrogen and oxygen atoms in total. The number of hydrogen-bond donors (Lipinski definition) is 0. The van der Waals surface area contributed by atoms with Gasteiger partial charge in [0.1, 0.15) is 5.82 Å². The molecule has 0 aliphatic rings. The summed E-state index contributed by atoms with van der Waals surface area (Å²) >= 11 is 0. The Labute approximate surface area is 149 Å². The lowest BCUT2D eigenvalue weighted by atomic mass is 10.0. The number of rotatable bonds is 3. The average Bonchev–Trinajstić information content (AvgIpc) is 3.18. The Balaban J connectivity index is 1.83. The zero-order chi connectivity index (χ0) is 17.9. The van der Waals surface area contributed by atoms with E-state index in [1.807, 2.05) is 49.4 Å². The summed E-state index contributed by atoms with van der Waals surface area (Å²) in [5, 5.41) is 17.4. The van der Waals surface area contributed by atoms with Crippen LogP contribution in [0.15, 0.2) is 65.2 Å². The first-order valence-corrected chi connectivity index (χ1v) is 7.98.